The van der Waals surface area contributed by atoms with Gasteiger partial charge in [0.15, 0.2) is 0 Å². The molecule has 0 atom stereocenters. The predicted octanol–water partition coefficient (Wildman–Crippen LogP) is 1.57. The number of hydrogen-bond donors (Lipinski definition) is 0. The van der Waals surface area contributed by atoms with Crippen molar-refractivity contribution in [2.45, 2.75) is 6.42 Å². The van der Waals surface area contributed by atoms with E-state index in [1.165, 1.54) is 11.3 Å². The van der Waals surface area contributed by atoms with Crippen molar-refractivity contribution >= 4 is 11.8 Å². The van der Waals surface area contributed by atoms with Crippen LogP contribution in [0.3, 0.4) is 0 Å². The van der Waals surface area contributed by atoms with Crippen molar-refractivity contribution in [2.24, 2.45) is 0 Å². The van der Waals surface area contributed by atoms with Crippen molar-refractivity contribution in [3.05, 3.63) is 11.6 Å². The fourth-order valence-corrected chi connectivity index (χ4v) is 1.72. The Bertz CT molecular complexity index is 135. The molecule has 8 heavy (non-hydrogen) atoms. The second-order valence-corrected chi connectivity index (χ2v) is 2.84. The van der Waals surface area contributed by atoms with E-state index in [2.05, 4.69) is 0 Å². The summed E-state index contributed by atoms with van der Waals surface area (Å²) in [6.45, 7) is 0. The lowest BCUT2D eigenvalue weighted by molar-refractivity contribution is 1.17. The predicted molar refractivity (Wildman–Crippen MR) is 35.6 cm³/mol. The monoisotopic (exact) mass is 125 g/mol. The minimum absolute atomic E-state index is 1.08. The number of allylic oxidation sites excluding steroid dienone is 1. The second-order valence-electron chi connectivity index (χ2n) is 1.73. The molecule has 0 radical (unpaired) electrons. The van der Waals surface area contributed by atoms with Gasteiger partial charge in [0, 0.05) is 11.8 Å². The van der Waals surface area contributed by atoms with Gasteiger partial charge in [0.25, 0.3) is 0 Å². The van der Waals surface area contributed by atoms with Gasteiger partial charge in [0.2, 0.25) is 0 Å². The summed E-state index contributed by atoms with van der Waals surface area (Å²) in [6.07, 6.45) is 2.79. The molecule has 1 rings (SSSR count). The molecule has 0 unspecified atom stereocenters. The molecule has 0 bridgehead atoms. The van der Waals surface area contributed by atoms with Crippen LogP contribution in [0.2, 0.25) is 0 Å². The van der Waals surface area contributed by atoms with Gasteiger partial charge in [-0.2, -0.15) is 17.0 Å². The molecule has 1 aliphatic rings. The van der Waals surface area contributed by atoms with Crippen LogP contribution in [0.5, 0.6) is 0 Å². The van der Waals surface area contributed by atoms with Gasteiger partial charge in [-0.15, -0.1) is 0 Å². The lowest BCUT2D eigenvalue weighted by Crippen LogP contribution is -1.73. The van der Waals surface area contributed by atoms with Gasteiger partial charge in [-0.05, 0) is 17.7 Å². The highest BCUT2D eigenvalue weighted by molar-refractivity contribution is 7.99. The van der Waals surface area contributed by atoms with Crippen molar-refractivity contribution in [2.75, 3.05) is 11.5 Å². The summed E-state index contributed by atoms with van der Waals surface area (Å²) in [6, 6.07) is 2.03. The molecule has 0 N–H and O–H groups in total. The molecule has 0 amide bonds. The first-order valence-corrected chi connectivity index (χ1v) is 3.74. The molecule has 0 aromatic carbocycles. The fourth-order valence-electron chi connectivity index (χ4n) is 0.684. The Balaban J connectivity index is 2.48. The summed E-state index contributed by atoms with van der Waals surface area (Å²) in [4.78, 5) is 0. The molecule has 2 heteroatoms. The van der Waals surface area contributed by atoms with Crippen LogP contribution in [0.15, 0.2) is 11.6 Å². The zero-order valence-corrected chi connectivity index (χ0v) is 5.37. The molecule has 0 aromatic rings. The number of thioether (sulfide) groups is 1. The quantitative estimate of drug-likeness (QED) is 0.459. The van der Waals surface area contributed by atoms with Crippen molar-refractivity contribution in [3.63, 3.8) is 0 Å². The molecule has 0 spiro atoms. The van der Waals surface area contributed by atoms with Gasteiger partial charge in [-0.1, -0.05) is 0 Å². The van der Waals surface area contributed by atoms with E-state index in [1.54, 1.807) is 6.08 Å². The molecule has 1 fully saturated rings. The van der Waals surface area contributed by atoms with Crippen LogP contribution in [0, 0.1) is 11.3 Å². The summed E-state index contributed by atoms with van der Waals surface area (Å²) >= 11 is 1.90. The molecule has 1 heterocycles. The first-order valence-electron chi connectivity index (χ1n) is 2.59. The molecule has 0 aromatic heterocycles. The molecular weight excluding hydrogens is 118 g/mol. The van der Waals surface area contributed by atoms with E-state index >= 15 is 0 Å². The Kier molecular flexibility index (Phi) is 1.99. The maximum atomic E-state index is 8.19. The molecule has 1 aliphatic heterocycles. The number of nitrogens with zero attached hydrogens (tertiary/aromatic N) is 1. The van der Waals surface area contributed by atoms with Gasteiger partial charge < -0.3 is 0 Å². The zero-order chi connectivity index (χ0) is 5.82. The normalized spacial score (nSPS) is 23.6. The van der Waals surface area contributed by atoms with Gasteiger partial charge in [0.1, 0.15) is 0 Å². The van der Waals surface area contributed by atoms with E-state index in [0.717, 1.165) is 12.2 Å². The van der Waals surface area contributed by atoms with Crippen LogP contribution in [0.25, 0.3) is 0 Å². The lowest BCUT2D eigenvalue weighted by Gasteiger charge is -1.82. The van der Waals surface area contributed by atoms with E-state index in [0.29, 0.717) is 0 Å². The third kappa shape index (κ3) is 1.28. The standard InChI is InChI=1S/C6H7NS/c7-3-1-6-2-4-8-5-6/h1H,2,4-5H2. The number of nitriles is 1. The van der Waals surface area contributed by atoms with Crippen LogP contribution in [-0.2, 0) is 0 Å². The van der Waals surface area contributed by atoms with Crippen LogP contribution >= 0.6 is 11.8 Å². The Morgan fingerprint density at radius 3 is 3.12 bits per heavy atom. The third-order valence-corrected chi connectivity index (χ3v) is 2.19. The van der Waals surface area contributed by atoms with E-state index in [9.17, 15) is 0 Å². The van der Waals surface area contributed by atoms with E-state index < -0.39 is 0 Å². The van der Waals surface area contributed by atoms with Crippen LogP contribution < -0.4 is 0 Å². The molecule has 0 aliphatic carbocycles. The fraction of sp³-hybridized carbons (Fsp3) is 0.500. The summed E-state index contributed by atoms with van der Waals surface area (Å²) in [5.41, 5.74) is 1.30. The highest BCUT2D eigenvalue weighted by Gasteiger charge is 2.04. The molecule has 0 saturated carbocycles. The van der Waals surface area contributed by atoms with Crippen LogP contribution in [0.1, 0.15) is 6.42 Å². The van der Waals surface area contributed by atoms with Gasteiger partial charge in [-0.3, -0.25) is 0 Å². The van der Waals surface area contributed by atoms with E-state index in [4.69, 9.17) is 5.26 Å². The Morgan fingerprint density at radius 2 is 2.62 bits per heavy atom. The first-order chi connectivity index (χ1) is 3.93. The SMILES string of the molecule is N#CC=C1CCSC1. The van der Waals surface area contributed by atoms with E-state index in [-0.39, 0.29) is 0 Å². The Morgan fingerprint density at radius 1 is 1.75 bits per heavy atom. The van der Waals surface area contributed by atoms with E-state index in [1.807, 2.05) is 17.8 Å². The summed E-state index contributed by atoms with van der Waals surface area (Å²) in [5, 5.41) is 8.19. The summed E-state index contributed by atoms with van der Waals surface area (Å²) in [5.74, 6) is 2.28. The van der Waals surface area contributed by atoms with Gasteiger partial charge in [-0.25, -0.2) is 0 Å². The molecule has 42 valence electrons. The minimum atomic E-state index is 1.08. The van der Waals surface area contributed by atoms with Crippen molar-refractivity contribution in [3.8, 4) is 6.07 Å². The van der Waals surface area contributed by atoms with Crippen LogP contribution in [-0.4, -0.2) is 11.5 Å². The number of hydrogen-bond acceptors (Lipinski definition) is 2. The van der Waals surface area contributed by atoms with Crippen molar-refractivity contribution < 1.29 is 0 Å². The largest absolute Gasteiger partial charge is 0.193 e. The Labute approximate surface area is 53.4 Å². The first kappa shape index (κ1) is 5.71. The summed E-state index contributed by atoms with van der Waals surface area (Å²) < 4.78 is 0. The zero-order valence-electron chi connectivity index (χ0n) is 4.55. The minimum Gasteiger partial charge on any atom is -0.193 e. The average Bonchev–Trinajstić information content (AvgIpc) is 2.19. The average molecular weight is 125 g/mol. The highest BCUT2D eigenvalue weighted by atomic mass is 32.2. The van der Waals surface area contributed by atoms with Crippen molar-refractivity contribution in [1.82, 2.24) is 0 Å². The number of rotatable bonds is 0. The van der Waals surface area contributed by atoms with Crippen molar-refractivity contribution in [1.29, 1.82) is 5.26 Å². The molecular formula is C6H7NS. The molecule has 1 nitrogen and oxygen atoms in total. The second kappa shape index (κ2) is 2.78. The maximum Gasteiger partial charge on any atom is 0.0911 e. The Hall–Kier alpha value is -0.420. The van der Waals surface area contributed by atoms with Gasteiger partial charge in [0.05, 0.1) is 6.07 Å². The smallest absolute Gasteiger partial charge is 0.0911 e. The molecule has 1 saturated heterocycles. The third-order valence-electron chi connectivity index (χ3n) is 1.12. The topological polar surface area (TPSA) is 23.8 Å². The lowest BCUT2D eigenvalue weighted by atomic mass is 10.2. The summed E-state index contributed by atoms with van der Waals surface area (Å²) in [7, 11) is 0. The highest BCUT2D eigenvalue weighted by Crippen LogP contribution is 2.21. The maximum absolute atomic E-state index is 8.19. The van der Waals surface area contributed by atoms with Crippen LogP contribution in [0.4, 0.5) is 0 Å². The van der Waals surface area contributed by atoms with Gasteiger partial charge >= 0.3 is 0 Å².